The molecule has 0 aliphatic carbocycles. The first-order valence-corrected chi connectivity index (χ1v) is 11.0. The SMILES string of the molecule is FC(F)(F)CC[Si](Cl)(CCC(F)(F)F)CCC(F)(F)C(F)(F)C(F)(F)C(F)(F)F. The van der Waals surface area contributed by atoms with Gasteiger partial charge in [-0.3, -0.25) is 0 Å². The van der Waals surface area contributed by atoms with Gasteiger partial charge in [0.05, 0.1) is 0 Å². The van der Waals surface area contributed by atoms with Gasteiger partial charge in [-0.05, 0) is 18.1 Å². The Morgan fingerprint density at radius 3 is 1.07 bits per heavy atom. The topological polar surface area (TPSA) is 0 Å². The van der Waals surface area contributed by atoms with Crippen molar-refractivity contribution in [3.05, 3.63) is 0 Å². The van der Waals surface area contributed by atoms with Gasteiger partial charge in [0.1, 0.15) is 0 Å². The summed E-state index contributed by atoms with van der Waals surface area (Å²) in [6, 6.07) is -4.39. The van der Waals surface area contributed by atoms with Gasteiger partial charge in [0, 0.05) is 19.3 Å². The van der Waals surface area contributed by atoms with E-state index in [2.05, 4.69) is 0 Å². The number of hydrogen-bond acceptors (Lipinski definition) is 0. The third-order valence-corrected chi connectivity index (χ3v) is 8.95. The van der Waals surface area contributed by atoms with E-state index in [1.807, 2.05) is 0 Å². The van der Waals surface area contributed by atoms with Crippen LogP contribution in [-0.2, 0) is 0 Å². The van der Waals surface area contributed by atoms with Crippen LogP contribution in [0.1, 0.15) is 19.3 Å². The highest BCUT2D eigenvalue weighted by atomic mass is 35.6. The van der Waals surface area contributed by atoms with Gasteiger partial charge < -0.3 is 0 Å². The molecular formula is C12H12ClF15Si. The standard InChI is InChI=1S/C12H12ClF15Si/c13-29(5-2-8(16,17)18,6-3-9(19,20)21)4-1-7(14,15)10(22,23)11(24,25)12(26,27)28/h1-6H2. The second-order valence-electron chi connectivity index (χ2n) is 6.23. The van der Waals surface area contributed by atoms with E-state index in [9.17, 15) is 65.9 Å². The number of rotatable bonds is 9. The zero-order chi connectivity index (χ0) is 23.7. The molecule has 0 spiro atoms. The van der Waals surface area contributed by atoms with Crippen molar-refractivity contribution in [1.82, 2.24) is 0 Å². The van der Waals surface area contributed by atoms with Gasteiger partial charge in [-0.15, -0.1) is 0 Å². The molecule has 0 N–H and O–H groups in total. The molecule has 0 aliphatic heterocycles. The van der Waals surface area contributed by atoms with Crippen LogP contribution >= 0.6 is 11.1 Å². The Bertz CT molecular complexity index is 515. The Morgan fingerprint density at radius 2 is 0.793 bits per heavy atom. The van der Waals surface area contributed by atoms with Crippen molar-refractivity contribution in [1.29, 1.82) is 0 Å². The van der Waals surface area contributed by atoms with Crippen LogP contribution in [0, 0.1) is 0 Å². The number of alkyl halides is 15. The van der Waals surface area contributed by atoms with Gasteiger partial charge in [0.15, 0.2) is 7.38 Å². The van der Waals surface area contributed by atoms with Crippen molar-refractivity contribution in [2.75, 3.05) is 0 Å². The third kappa shape index (κ3) is 7.90. The summed E-state index contributed by atoms with van der Waals surface area (Å²) >= 11 is 5.56. The third-order valence-electron chi connectivity index (χ3n) is 3.81. The van der Waals surface area contributed by atoms with Crippen LogP contribution in [0.4, 0.5) is 65.9 Å². The summed E-state index contributed by atoms with van der Waals surface area (Å²) in [5, 5.41) is 0. The van der Waals surface area contributed by atoms with Crippen LogP contribution < -0.4 is 0 Å². The minimum atomic E-state index is -7.21. The molecule has 29 heavy (non-hydrogen) atoms. The van der Waals surface area contributed by atoms with Crippen LogP contribution in [0.25, 0.3) is 0 Å². The molecule has 0 saturated heterocycles. The Hall–Kier alpha value is -0.543. The van der Waals surface area contributed by atoms with Crippen molar-refractivity contribution < 1.29 is 65.9 Å². The summed E-state index contributed by atoms with van der Waals surface area (Å²) in [6.45, 7) is 0. The van der Waals surface area contributed by atoms with E-state index < -0.39 is 81.1 Å². The van der Waals surface area contributed by atoms with Gasteiger partial charge in [-0.1, -0.05) is 0 Å². The zero-order valence-electron chi connectivity index (χ0n) is 13.8. The molecule has 17 heteroatoms. The molecule has 0 saturated carbocycles. The van der Waals surface area contributed by atoms with Gasteiger partial charge >= 0.3 is 36.3 Å². The first-order valence-electron chi connectivity index (χ1n) is 7.40. The van der Waals surface area contributed by atoms with Crippen molar-refractivity contribution in [2.24, 2.45) is 0 Å². The van der Waals surface area contributed by atoms with Gasteiger partial charge in [-0.2, -0.15) is 76.9 Å². The Kier molecular flexibility index (Phi) is 8.37. The van der Waals surface area contributed by atoms with Crippen LogP contribution in [-0.4, -0.2) is 43.7 Å². The molecular weight excluding hydrogens is 493 g/mol. The maximum Gasteiger partial charge on any atom is 0.460 e. The highest BCUT2D eigenvalue weighted by Gasteiger charge is 2.81. The molecule has 176 valence electrons. The van der Waals surface area contributed by atoms with Crippen molar-refractivity contribution in [3.63, 3.8) is 0 Å². The van der Waals surface area contributed by atoms with E-state index in [1.54, 1.807) is 0 Å². The molecule has 0 atom stereocenters. The van der Waals surface area contributed by atoms with Gasteiger partial charge in [-0.25, -0.2) is 0 Å². The molecule has 0 aromatic carbocycles. The summed E-state index contributed by atoms with van der Waals surface area (Å²) in [4.78, 5) is 0. The van der Waals surface area contributed by atoms with E-state index in [0.29, 0.717) is 0 Å². The predicted molar refractivity (Wildman–Crippen MR) is 72.9 cm³/mol. The highest BCUT2D eigenvalue weighted by Crippen LogP contribution is 2.55. The van der Waals surface area contributed by atoms with E-state index >= 15 is 0 Å². The fourth-order valence-electron chi connectivity index (χ4n) is 2.05. The van der Waals surface area contributed by atoms with Gasteiger partial charge in [0.25, 0.3) is 0 Å². The maximum absolute atomic E-state index is 13.5. The lowest BCUT2D eigenvalue weighted by Crippen LogP contribution is -2.61. The smallest absolute Gasteiger partial charge is 0.200 e. The molecule has 0 bridgehead atoms. The van der Waals surface area contributed by atoms with Crippen molar-refractivity contribution in [2.45, 2.75) is 73.7 Å². The first-order chi connectivity index (χ1) is 12.4. The van der Waals surface area contributed by atoms with E-state index in [0.717, 1.165) is 0 Å². The average Bonchev–Trinajstić information content (AvgIpc) is 2.46. The average molecular weight is 505 g/mol. The predicted octanol–water partition coefficient (Wildman–Crippen LogP) is 7.93. The normalized spacial score (nSPS) is 15.7. The molecule has 0 nitrogen and oxygen atoms in total. The molecule has 0 aliphatic rings. The van der Waals surface area contributed by atoms with Crippen molar-refractivity contribution >= 4 is 18.5 Å². The number of halogens is 16. The summed E-state index contributed by atoms with van der Waals surface area (Å²) in [5.41, 5.74) is 0. The molecule has 0 radical (unpaired) electrons. The zero-order valence-corrected chi connectivity index (χ0v) is 15.5. The maximum atomic E-state index is 13.5. The van der Waals surface area contributed by atoms with Crippen LogP contribution in [0.5, 0.6) is 0 Å². The fraction of sp³-hybridized carbons (Fsp3) is 1.00. The minimum absolute atomic E-state index is 1.36. The lowest BCUT2D eigenvalue weighted by atomic mass is 10.0. The first kappa shape index (κ1) is 28.5. The Labute approximate surface area is 159 Å². The molecule has 0 aromatic rings. The fourth-order valence-corrected chi connectivity index (χ4v) is 5.88. The molecule has 0 amide bonds. The lowest BCUT2D eigenvalue weighted by Gasteiger charge is -2.35. The van der Waals surface area contributed by atoms with E-state index in [4.69, 9.17) is 11.1 Å². The quantitative estimate of drug-likeness (QED) is 0.170. The second kappa shape index (κ2) is 8.53. The van der Waals surface area contributed by atoms with Crippen LogP contribution in [0.3, 0.4) is 0 Å². The van der Waals surface area contributed by atoms with Crippen molar-refractivity contribution in [3.8, 4) is 0 Å². The van der Waals surface area contributed by atoms with E-state index in [1.165, 1.54) is 0 Å². The summed E-state index contributed by atoms with van der Waals surface area (Å²) in [6.07, 6.45) is -23.4. The highest BCUT2D eigenvalue weighted by molar-refractivity contribution is 7.20. The number of hydrogen-bond donors (Lipinski definition) is 0. The Balaban J connectivity index is 5.58. The largest absolute Gasteiger partial charge is 0.460 e. The minimum Gasteiger partial charge on any atom is -0.200 e. The summed E-state index contributed by atoms with van der Waals surface area (Å²) in [7, 11) is -4.57. The molecule has 0 rings (SSSR count). The summed E-state index contributed by atoms with van der Waals surface area (Å²) < 4.78 is 188. The monoisotopic (exact) mass is 504 g/mol. The molecule has 0 unspecified atom stereocenters. The van der Waals surface area contributed by atoms with Gasteiger partial charge in [0.2, 0.25) is 0 Å². The second-order valence-corrected chi connectivity index (χ2v) is 12.4. The van der Waals surface area contributed by atoms with Crippen LogP contribution in [0.2, 0.25) is 18.1 Å². The van der Waals surface area contributed by atoms with E-state index in [-0.39, 0.29) is 0 Å². The molecule has 0 fully saturated rings. The lowest BCUT2D eigenvalue weighted by molar-refractivity contribution is -0.396. The summed E-state index contributed by atoms with van der Waals surface area (Å²) in [5.74, 6) is -20.3. The van der Waals surface area contributed by atoms with Crippen LogP contribution in [0.15, 0.2) is 0 Å². The molecule has 0 heterocycles. The molecule has 0 aromatic heterocycles. The Morgan fingerprint density at radius 1 is 0.483 bits per heavy atom.